The molecule has 0 aliphatic carbocycles. The second kappa shape index (κ2) is 8.26. The maximum atomic E-state index is 13.1. The average molecular weight is 377 g/mol. The largest absolute Gasteiger partial charge is 0.336 e. The number of rotatable bonds is 5. The number of pyridine rings is 1. The summed E-state index contributed by atoms with van der Waals surface area (Å²) in [6.07, 6.45) is 2.76. The second-order valence-electron chi connectivity index (χ2n) is 6.86. The fraction of sp³-hybridized carbons (Fsp3) is 0.350. The average Bonchev–Trinajstić information content (AvgIpc) is 3.18. The molecule has 0 spiro atoms. The van der Waals surface area contributed by atoms with Crippen molar-refractivity contribution >= 4 is 5.91 Å². The number of piperazine rings is 1. The Labute approximate surface area is 163 Å². The van der Waals surface area contributed by atoms with E-state index in [9.17, 15) is 4.79 Å². The fourth-order valence-corrected chi connectivity index (χ4v) is 3.46. The lowest BCUT2D eigenvalue weighted by Crippen LogP contribution is -2.49. The van der Waals surface area contributed by atoms with Crippen LogP contribution in [-0.4, -0.2) is 73.6 Å². The monoisotopic (exact) mass is 377 g/mol. The van der Waals surface area contributed by atoms with E-state index in [0.717, 1.165) is 31.7 Å². The van der Waals surface area contributed by atoms with Gasteiger partial charge in [0.2, 0.25) is 0 Å². The van der Waals surface area contributed by atoms with Gasteiger partial charge < -0.3 is 4.90 Å². The van der Waals surface area contributed by atoms with Gasteiger partial charge in [0.25, 0.3) is 5.91 Å². The highest BCUT2D eigenvalue weighted by molar-refractivity contribution is 5.97. The highest BCUT2D eigenvalue weighted by atomic mass is 16.2. The van der Waals surface area contributed by atoms with Gasteiger partial charge in [0.05, 0.1) is 11.3 Å². The molecule has 8 nitrogen and oxygen atoms in total. The van der Waals surface area contributed by atoms with Crippen molar-refractivity contribution in [3.8, 4) is 5.69 Å². The van der Waals surface area contributed by atoms with Crippen molar-refractivity contribution in [2.45, 2.75) is 13.3 Å². The minimum absolute atomic E-state index is 0.0230. The molecular weight excluding hydrogens is 354 g/mol. The van der Waals surface area contributed by atoms with Crippen molar-refractivity contribution in [1.82, 2.24) is 35.0 Å². The quantitative estimate of drug-likeness (QED) is 0.668. The number of para-hydroxylation sites is 1. The molecule has 4 rings (SSSR count). The van der Waals surface area contributed by atoms with E-state index in [1.54, 1.807) is 4.68 Å². The van der Waals surface area contributed by atoms with Gasteiger partial charge in [-0.3, -0.25) is 14.7 Å². The molecule has 28 heavy (non-hydrogen) atoms. The van der Waals surface area contributed by atoms with Crippen LogP contribution < -0.4 is 0 Å². The molecule has 8 heteroatoms. The number of aryl methyl sites for hydroxylation is 1. The van der Waals surface area contributed by atoms with Crippen molar-refractivity contribution in [2.75, 3.05) is 32.7 Å². The van der Waals surface area contributed by atoms with Crippen molar-refractivity contribution in [1.29, 1.82) is 0 Å². The van der Waals surface area contributed by atoms with Crippen LogP contribution >= 0.6 is 0 Å². The zero-order valence-corrected chi connectivity index (χ0v) is 15.9. The summed E-state index contributed by atoms with van der Waals surface area (Å²) in [5, 5.41) is 11.6. The van der Waals surface area contributed by atoms with Crippen molar-refractivity contribution in [2.24, 2.45) is 0 Å². The summed E-state index contributed by atoms with van der Waals surface area (Å²) in [4.78, 5) is 21.8. The van der Waals surface area contributed by atoms with Gasteiger partial charge in [-0.15, -0.1) is 5.10 Å². The predicted octanol–water partition coefficient (Wildman–Crippen LogP) is 1.37. The van der Waals surface area contributed by atoms with Gasteiger partial charge in [-0.1, -0.05) is 18.2 Å². The molecule has 2 aromatic heterocycles. The van der Waals surface area contributed by atoms with Crippen LogP contribution in [0.15, 0.2) is 48.7 Å². The number of hydrogen-bond acceptors (Lipinski definition) is 6. The molecule has 1 aliphatic heterocycles. The third kappa shape index (κ3) is 3.91. The lowest BCUT2D eigenvalue weighted by atomic mass is 10.1. The van der Waals surface area contributed by atoms with Gasteiger partial charge in [0.15, 0.2) is 5.82 Å². The molecular formula is C20H23N7O. The van der Waals surface area contributed by atoms with Crippen molar-refractivity contribution in [3.05, 3.63) is 65.7 Å². The van der Waals surface area contributed by atoms with Gasteiger partial charge in [0.1, 0.15) is 0 Å². The minimum Gasteiger partial charge on any atom is -0.336 e. The summed E-state index contributed by atoms with van der Waals surface area (Å²) in [6, 6.07) is 13.5. The Morgan fingerprint density at radius 3 is 2.54 bits per heavy atom. The smallest absolute Gasteiger partial charge is 0.256 e. The summed E-state index contributed by atoms with van der Waals surface area (Å²) in [5.41, 5.74) is 2.44. The number of carbonyl (C=O) groups is 1. The van der Waals surface area contributed by atoms with E-state index in [0.29, 0.717) is 30.2 Å². The Balaban J connectivity index is 1.39. The Bertz CT molecular complexity index is 932. The number of carbonyl (C=O) groups excluding carboxylic acids is 1. The minimum atomic E-state index is 0.0230. The topological polar surface area (TPSA) is 80.0 Å². The Hall–Kier alpha value is -3.13. The van der Waals surface area contributed by atoms with Crippen LogP contribution in [-0.2, 0) is 6.42 Å². The molecule has 3 heterocycles. The number of tetrazole rings is 1. The molecule has 1 aliphatic rings. The lowest BCUT2D eigenvalue weighted by molar-refractivity contribution is 0.0638. The standard InChI is InChI=1S/C20H23N7O/c1-16-22-23-24-27(16)19-8-3-2-7-18(19)20(28)26-14-12-25(13-15-26)11-9-17-6-4-5-10-21-17/h2-8,10H,9,11-15H2,1H3. The van der Waals surface area contributed by atoms with Gasteiger partial charge in [-0.05, 0) is 41.6 Å². The molecule has 3 aromatic rings. The maximum Gasteiger partial charge on any atom is 0.256 e. The van der Waals surface area contributed by atoms with Crippen molar-refractivity contribution < 1.29 is 4.79 Å². The highest BCUT2D eigenvalue weighted by Crippen LogP contribution is 2.18. The number of nitrogens with zero attached hydrogens (tertiary/aromatic N) is 7. The van der Waals surface area contributed by atoms with E-state index in [-0.39, 0.29) is 5.91 Å². The molecule has 1 amide bonds. The Morgan fingerprint density at radius 2 is 1.82 bits per heavy atom. The van der Waals surface area contributed by atoms with Gasteiger partial charge >= 0.3 is 0 Å². The van der Waals surface area contributed by atoms with Crippen LogP contribution in [0.25, 0.3) is 5.69 Å². The van der Waals surface area contributed by atoms with E-state index in [4.69, 9.17) is 0 Å². The molecule has 0 atom stereocenters. The molecule has 0 bridgehead atoms. The molecule has 1 fully saturated rings. The first-order valence-corrected chi connectivity index (χ1v) is 9.48. The van der Waals surface area contributed by atoms with E-state index in [1.165, 1.54) is 0 Å². The van der Waals surface area contributed by atoms with Crippen LogP contribution in [0.4, 0.5) is 0 Å². The first kappa shape index (κ1) is 18.2. The molecule has 144 valence electrons. The summed E-state index contributed by atoms with van der Waals surface area (Å²) in [5.74, 6) is 0.675. The normalized spacial score (nSPS) is 15.0. The van der Waals surface area contributed by atoms with Crippen molar-refractivity contribution in [3.63, 3.8) is 0 Å². The third-order valence-corrected chi connectivity index (χ3v) is 5.06. The predicted molar refractivity (Wildman–Crippen MR) is 104 cm³/mol. The van der Waals surface area contributed by atoms with Gasteiger partial charge in [-0.25, -0.2) is 0 Å². The number of hydrogen-bond donors (Lipinski definition) is 0. The molecule has 1 saturated heterocycles. The second-order valence-corrected chi connectivity index (χ2v) is 6.86. The third-order valence-electron chi connectivity index (χ3n) is 5.06. The maximum absolute atomic E-state index is 13.1. The van der Waals surface area contributed by atoms with E-state index >= 15 is 0 Å². The number of amides is 1. The Kier molecular flexibility index (Phi) is 5.38. The van der Waals surface area contributed by atoms with Crippen LogP contribution in [0, 0.1) is 6.92 Å². The summed E-state index contributed by atoms with van der Waals surface area (Å²) >= 11 is 0. The fourth-order valence-electron chi connectivity index (χ4n) is 3.46. The molecule has 0 N–H and O–H groups in total. The summed E-state index contributed by atoms with van der Waals surface area (Å²) < 4.78 is 1.61. The molecule has 0 unspecified atom stereocenters. The van der Waals surface area contributed by atoms with Crippen LogP contribution in [0.2, 0.25) is 0 Å². The zero-order chi connectivity index (χ0) is 19.3. The summed E-state index contributed by atoms with van der Waals surface area (Å²) in [6.45, 7) is 5.93. The SMILES string of the molecule is Cc1nnnn1-c1ccccc1C(=O)N1CCN(CCc2ccccn2)CC1. The van der Waals surface area contributed by atoms with Gasteiger partial charge in [-0.2, -0.15) is 4.68 Å². The van der Waals surface area contributed by atoms with E-state index in [2.05, 4.69) is 31.5 Å². The first-order valence-electron chi connectivity index (χ1n) is 9.48. The van der Waals surface area contributed by atoms with Crippen LogP contribution in [0.1, 0.15) is 21.9 Å². The Morgan fingerprint density at radius 1 is 1.04 bits per heavy atom. The highest BCUT2D eigenvalue weighted by Gasteiger charge is 2.24. The zero-order valence-electron chi connectivity index (χ0n) is 15.9. The van der Waals surface area contributed by atoms with E-state index in [1.807, 2.05) is 54.4 Å². The molecule has 0 saturated carbocycles. The van der Waals surface area contributed by atoms with E-state index < -0.39 is 0 Å². The number of benzene rings is 1. The lowest BCUT2D eigenvalue weighted by Gasteiger charge is -2.35. The van der Waals surface area contributed by atoms with Gasteiger partial charge in [0, 0.05) is 51.0 Å². The first-order chi connectivity index (χ1) is 13.7. The molecule has 1 aromatic carbocycles. The molecule has 0 radical (unpaired) electrons. The summed E-state index contributed by atoms with van der Waals surface area (Å²) in [7, 11) is 0. The number of aromatic nitrogens is 5. The van der Waals surface area contributed by atoms with Crippen LogP contribution in [0.3, 0.4) is 0 Å². The van der Waals surface area contributed by atoms with Crippen LogP contribution in [0.5, 0.6) is 0 Å².